The maximum Gasteiger partial charge on any atom is 0.114 e. The Morgan fingerprint density at radius 3 is 0.887 bits per heavy atom. The van der Waals surface area contributed by atoms with Crippen molar-refractivity contribution in [3.63, 3.8) is 0 Å². The first-order valence-corrected chi connectivity index (χ1v) is 20.7. The highest BCUT2D eigenvalue weighted by Crippen LogP contribution is 2.40. The third kappa shape index (κ3) is 7.84. The number of hydrogen-bond acceptors (Lipinski definition) is 6. The Morgan fingerprint density at radius 2 is 0.548 bits per heavy atom. The lowest BCUT2D eigenvalue weighted by Crippen LogP contribution is -2.09. The summed E-state index contributed by atoms with van der Waals surface area (Å²) >= 11 is 0. The topological polar surface area (TPSA) is 56.3 Å². The SMILES string of the molecule is c1ccc(N(c2ccccc2)c2ccc(-c3ccccc3Nc3ccc(Nc4ccccc4-c4ccc(N(c5ccccc5)c5ccccc5)cc4)c4nccnc34)cc2)cc1. The molecule has 10 rings (SSSR count). The van der Waals surface area contributed by atoms with E-state index >= 15 is 0 Å². The number of nitrogens with zero attached hydrogens (tertiary/aromatic N) is 4. The van der Waals surface area contributed by atoms with E-state index in [0.717, 1.165) is 90.2 Å². The number of anilines is 10. The van der Waals surface area contributed by atoms with Gasteiger partial charge in [0.1, 0.15) is 11.0 Å². The molecule has 10 aromatic rings. The molecule has 6 nitrogen and oxygen atoms in total. The minimum absolute atomic E-state index is 0.771. The van der Waals surface area contributed by atoms with Crippen LogP contribution in [0.5, 0.6) is 0 Å². The van der Waals surface area contributed by atoms with Crippen LogP contribution < -0.4 is 20.4 Å². The summed E-state index contributed by atoms with van der Waals surface area (Å²) in [5, 5.41) is 7.45. The minimum Gasteiger partial charge on any atom is -0.353 e. The highest BCUT2D eigenvalue weighted by Gasteiger charge is 2.17. The molecule has 0 unspecified atom stereocenters. The number of rotatable bonds is 12. The number of hydrogen-bond donors (Lipinski definition) is 2. The van der Waals surface area contributed by atoms with E-state index in [-0.39, 0.29) is 0 Å². The first kappa shape index (κ1) is 37.8. The van der Waals surface area contributed by atoms with Crippen LogP contribution in [0.25, 0.3) is 33.3 Å². The van der Waals surface area contributed by atoms with Crippen molar-refractivity contribution >= 4 is 67.9 Å². The fraction of sp³-hybridized carbons (Fsp3) is 0. The molecule has 0 amide bonds. The maximum absolute atomic E-state index is 4.85. The van der Waals surface area contributed by atoms with Crippen molar-refractivity contribution < 1.29 is 0 Å². The number of aromatic nitrogens is 2. The Kier molecular flexibility index (Phi) is 10.6. The van der Waals surface area contributed by atoms with Gasteiger partial charge in [0.25, 0.3) is 0 Å². The van der Waals surface area contributed by atoms with E-state index in [1.54, 1.807) is 12.4 Å². The largest absolute Gasteiger partial charge is 0.353 e. The van der Waals surface area contributed by atoms with Crippen molar-refractivity contribution in [2.24, 2.45) is 0 Å². The fourth-order valence-corrected chi connectivity index (χ4v) is 8.02. The monoisotopic (exact) mass is 798 g/mol. The van der Waals surface area contributed by atoms with Gasteiger partial charge in [0.15, 0.2) is 0 Å². The second-order valence-electron chi connectivity index (χ2n) is 14.9. The van der Waals surface area contributed by atoms with Gasteiger partial charge in [-0.15, -0.1) is 0 Å². The van der Waals surface area contributed by atoms with Crippen LogP contribution in [0.1, 0.15) is 0 Å². The predicted molar refractivity (Wildman–Crippen MR) is 259 cm³/mol. The fourth-order valence-electron chi connectivity index (χ4n) is 8.02. The summed E-state index contributed by atoms with van der Waals surface area (Å²) < 4.78 is 0. The van der Waals surface area contributed by atoms with Crippen LogP contribution in [-0.4, -0.2) is 9.97 Å². The number of fused-ring (bicyclic) bond motifs is 1. The summed E-state index contributed by atoms with van der Waals surface area (Å²) in [6.45, 7) is 0. The Bertz CT molecular complexity index is 2760. The molecule has 0 atom stereocenters. The molecule has 0 aliphatic rings. The Balaban J connectivity index is 0.927. The molecule has 0 spiro atoms. The van der Waals surface area contributed by atoms with E-state index in [9.17, 15) is 0 Å². The van der Waals surface area contributed by atoms with E-state index in [2.05, 4.69) is 227 Å². The molecule has 0 bridgehead atoms. The average molecular weight is 799 g/mol. The van der Waals surface area contributed by atoms with Gasteiger partial charge in [-0.3, -0.25) is 9.97 Å². The van der Waals surface area contributed by atoms with Gasteiger partial charge in [-0.25, -0.2) is 0 Å². The normalized spacial score (nSPS) is 10.9. The van der Waals surface area contributed by atoms with Gasteiger partial charge in [0, 0.05) is 69.0 Å². The van der Waals surface area contributed by atoms with E-state index < -0.39 is 0 Å². The molecule has 0 aliphatic carbocycles. The predicted octanol–water partition coefficient (Wildman–Crippen LogP) is 15.4. The molecule has 9 aromatic carbocycles. The molecule has 62 heavy (non-hydrogen) atoms. The van der Waals surface area contributed by atoms with Crippen LogP contribution in [0, 0.1) is 0 Å². The third-order valence-electron chi connectivity index (χ3n) is 10.9. The molecule has 6 heteroatoms. The third-order valence-corrected chi connectivity index (χ3v) is 10.9. The molecule has 0 aliphatic heterocycles. The smallest absolute Gasteiger partial charge is 0.114 e. The van der Waals surface area contributed by atoms with Crippen molar-refractivity contribution in [3.8, 4) is 22.3 Å². The lowest BCUT2D eigenvalue weighted by atomic mass is 10.0. The van der Waals surface area contributed by atoms with Crippen molar-refractivity contribution in [1.29, 1.82) is 0 Å². The summed E-state index contributed by atoms with van der Waals surface area (Å²) in [5.74, 6) is 0. The summed E-state index contributed by atoms with van der Waals surface area (Å²) in [7, 11) is 0. The van der Waals surface area contributed by atoms with Crippen LogP contribution in [0.15, 0.2) is 243 Å². The number of para-hydroxylation sites is 6. The first-order valence-electron chi connectivity index (χ1n) is 20.7. The summed E-state index contributed by atoms with van der Waals surface area (Å²) in [6.07, 6.45) is 3.49. The maximum atomic E-state index is 4.85. The van der Waals surface area contributed by atoms with Crippen LogP contribution in [0.3, 0.4) is 0 Å². The van der Waals surface area contributed by atoms with E-state index in [1.165, 1.54) is 0 Å². The van der Waals surface area contributed by atoms with Crippen LogP contribution in [-0.2, 0) is 0 Å². The molecule has 0 fully saturated rings. The quantitative estimate of drug-likeness (QED) is 0.128. The van der Waals surface area contributed by atoms with Crippen molar-refractivity contribution in [1.82, 2.24) is 9.97 Å². The van der Waals surface area contributed by atoms with Crippen molar-refractivity contribution in [2.45, 2.75) is 0 Å². The van der Waals surface area contributed by atoms with E-state index in [1.807, 2.05) is 24.3 Å². The molecule has 2 N–H and O–H groups in total. The van der Waals surface area contributed by atoms with E-state index in [0.29, 0.717) is 0 Å². The second kappa shape index (κ2) is 17.4. The van der Waals surface area contributed by atoms with Crippen molar-refractivity contribution in [2.75, 3.05) is 20.4 Å². The summed E-state index contributed by atoms with van der Waals surface area (Å²) in [5.41, 5.74) is 16.2. The Hall–Kier alpha value is -8.48. The zero-order chi connectivity index (χ0) is 41.5. The molecule has 1 aromatic heterocycles. The lowest BCUT2D eigenvalue weighted by molar-refractivity contribution is 1.28. The average Bonchev–Trinajstić information content (AvgIpc) is 3.35. The van der Waals surface area contributed by atoms with Gasteiger partial charge < -0.3 is 20.4 Å². The molecular weight excluding hydrogens is 757 g/mol. The zero-order valence-electron chi connectivity index (χ0n) is 33.9. The molecule has 296 valence electrons. The highest BCUT2D eigenvalue weighted by atomic mass is 15.1. The Morgan fingerprint density at radius 1 is 0.258 bits per heavy atom. The first-order chi connectivity index (χ1) is 30.8. The number of nitrogens with one attached hydrogen (secondary N) is 2. The molecule has 0 saturated carbocycles. The molecule has 0 radical (unpaired) electrons. The Labute approximate surface area is 362 Å². The van der Waals surface area contributed by atoms with Gasteiger partial charge in [-0.1, -0.05) is 133 Å². The van der Waals surface area contributed by atoms with Crippen LogP contribution in [0.4, 0.5) is 56.9 Å². The minimum atomic E-state index is 0.771. The van der Waals surface area contributed by atoms with Gasteiger partial charge in [-0.2, -0.15) is 0 Å². The molecular formula is C56H42N6. The number of benzene rings is 9. The molecule has 1 heterocycles. The molecule has 0 saturated heterocycles. The summed E-state index contributed by atoms with van der Waals surface area (Å²) in [6, 6.07) is 80.3. The van der Waals surface area contributed by atoms with Gasteiger partial charge >= 0.3 is 0 Å². The zero-order valence-corrected chi connectivity index (χ0v) is 33.9. The van der Waals surface area contributed by atoms with Gasteiger partial charge in [0.05, 0.1) is 11.4 Å². The van der Waals surface area contributed by atoms with Crippen LogP contribution in [0.2, 0.25) is 0 Å². The second-order valence-corrected chi connectivity index (χ2v) is 14.9. The van der Waals surface area contributed by atoms with Crippen molar-refractivity contribution in [3.05, 3.63) is 243 Å². The van der Waals surface area contributed by atoms with Gasteiger partial charge in [-0.05, 0) is 108 Å². The van der Waals surface area contributed by atoms with E-state index in [4.69, 9.17) is 9.97 Å². The standard InChI is InChI=1S/C56H42N6/c1-5-17-43(18-6-1)61(44-19-7-2-8-20-44)47-33-29-41(30-34-47)49-25-13-15-27-51(49)59-53-37-38-54(56-55(53)57-39-40-58-56)60-52-28-16-14-26-50(52)42-31-35-48(36-32-42)62(45-21-9-3-10-22-45)46-23-11-4-12-24-46/h1-40,59-60H. The highest BCUT2D eigenvalue weighted by molar-refractivity contribution is 6.00. The summed E-state index contributed by atoms with van der Waals surface area (Å²) in [4.78, 5) is 14.3. The lowest BCUT2D eigenvalue weighted by Gasteiger charge is -2.25. The van der Waals surface area contributed by atoms with Gasteiger partial charge in [0.2, 0.25) is 0 Å². The van der Waals surface area contributed by atoms with Crippen LogP contribution >= 0.6 is 0 Å².